The molecule has 1 N–H and O–H groups in total. The van der Waals surface area contributed by atoms with Gasteiger partial charge in [0.05, 0.1) is 16.4 Å². The molecule has 0 aromatic carbocycles. The fraction of sp³-hybridized carbons (Fsp3) is 0.429. The molecule has 0 spiro atoms. The van der Waals surface area contributed by atoms with Crippen LogP contribution in [0.4, 0.5) is 0 Å². The van der Waals surface area contributed by atoms with Crippen LogP contribution in [0.5, 0.6) is 0 Å². The van der Waals surface area contributed by atoms with E-state index in [1.165, 1.54) is 0 Å². The van der Waals surface area contributed by atoms with Gasteiger partial charge in [-0.3, -0.25) is 10.2 Å². The zero-order chi connectivity index (χ0) is 14.7. The van der Waals surface area contributed by atoms with Gasteiger partial charge in [0.25, 0.3) is 0 Å². The Labute approximate surface area is 116 Å². The lowest BCUT2D eigenvalue weighted by Crippen LogP contribution is -2.52. The molecule has 3 rings (SSSR count). The molecule has 6 heteroatoms. The topological polar surface area (TPSA) is 71.9 Å². The Bertz CT molecular complexity index is 662. The molecule has 1 saturated heterocycles. The molecule has 0 saturated carbocycles. The lowest BCUT2D eigenvalue weighted by molar-refractivity contribution is -0.181. The van der Waals surface area contributed by atoms with Crippen LogP contribution in [0.15, 0.2) is 35.0 Å². The van der Waals surface area contributed by atoms with E-state index in [9.17, 15) is 10.4 Å². The van der Waals surface area contributed by atoms with Crippen molar-refractivity contribution >= 4 is 6.08 Å². The quantitative estimate of drug-likeness (QED) is 0.750. The van der Waals surface area contributed by atoms with Gasteiger partial charge in [-0.15, -0.1) is 0 Å². The molecule has 0 atom stereocenters. The number of hydrogen-bond acceptors (Lipinski definition) is 5. The molecule has 1 fully saturated rings. The van der Waals surface area contributed by atoms with Crippen molar-refractivity contribution in [1.29, 1.82) is 0 Å². The lowest BCUT2D eigenvalue weighted by atomic mass is 9.84. The van der Waals surface area contributed by atoms with Crippen molar-refractivity contribution in [2.75, 3.05) is 0 Å². The first-order chi connectivity index (χ1) is 9.26. The number of aromatic nitrogens is 1. The monoisotopic (exact) mass is 273 g/mol. The van der Waals surface area contributed by atoms with Gasteiger partial charge in [0, 0.05) is 17.6 Å². The Morgan fingerprint density at radius 3 is 2.45 bits per heavy atom. The number of nitrogens with zero attached hydrogens (tertiary/aromatic N) is 4. The van der Waals surface area contributed by atoms with Crippen LogP contribution in [0, 0.1) is 0 Å². The van der Waals surface area contributed by atoms with E-state index in [0.29, 0.717) is 5.70 Å². The Hall–Kier alpha value is -1.92. The summed E-state index contributed by atoms with van der Waals surface area (Å²) in [5.74, 6) is 0.177. The third-order valence-corrected chi connectivity index (χ3v) is 4.52. The van der Waals surface area contributed by atoms with Gasteiger partial charge in [0.15, 0.2) is 5.82 Å². The van der Waals surface area contributed by atoms with Gasteiger partial charge in [0.1, 0.15) is 5.70 Å². The summed E-state index contributed by atoms with van der Waals surface area (Å²) in [5, 5.41) is 26.4. The molecule has 20 heavy (non-hydrogen) atoms. The van der Waals surface area contributed by atoms with E-state index >= 15 is 0 Å². The largest absolute Gasteiger partial charge is 0.286 e. The number of hydroxylamine groups is 4. The highest BCUT2D eigenvalue weighted by atomic mass is 16.6. The Morgan fingerprint density at radius 1 is 1.20 bits per heavy atom. The standard InChI is InChI=1S/C14H17N4O2/c1-13(2)14(3,4)18(20)12(17(13)19)11-7-9-8-15-6-5-10(9)16-11/h5-8,19H,1-4H3/b12-11+. The summed E-state index contributed by atoms with van der Waals surface area (Å²) >= 11 is 0. The van der Waals surface area contributed by atoms with E-state index in [4.69, 9.17) is 0 Å². The minimum Gasteiger partial charge on any atom is -0.286 e. The second kappa shape index (κ2) is 3.80. The number of hydrogen-bond donors (Lipinski definition) is 1. The third-order valence-electron chi connectivity index (χ3n) is 4.52. The van der Waals surface area contributed by atoms with E-state index in [1.54, 1.807) is 38.4 Å². The van der Waals surface area contributed by atoms with Crippen molar-refractivity contribution in [3.8, 4) is 0 Å². The van der Waals surface area contributed by atoms with Gasteiger partial charge >= 0.3 is 0 Å². The van der Waals surface area contributed by atoms with Gasteiger partial charge < -0.3 is 0 Å². The summed E-state index contributed by atoms with van der Waals surface area (Å²) in [7, 11) is 0. The maximum absolute atomic E-state index is 12.6. The van der Waals surface area contributed by atoms with Crippen LogP contribution in [-0.4, -0.2) is 31.4 Å². The Kier molecular flexibility index (Phi) is 2.49. The number of pyridine rings is 1. The Morgan fingerprint density at radius 2 is 1.90 bits per heavy atom. The number of rotatable bonds is 0. The molecular formula is C14H17N4O2. The van der Waals surface area contributed by atoms with Crippen molar-refractivity contribution in [3.05, 3.63) is 40.6 Å². The minimum absolute atomic E-state index is 0.177. The van der Waals surface area contributed by atoms with Crippen LogP contribution >= 0.6 is 0 Å². The van der Waals surface area contributed by atoms with E-state index in [0.717, 1.165) is 20.7 Å². The molecule has 2 aliphatic heterocycles. The number of fused-ring (bicyclic) bond motifs is 1. The summed E-state index contributed by atoms with van der Waals surface area (Å²) in [4.78, 5) is 8.44. The SMILES string of the molecule is CC1(C)N([O])/C(=C2\C=c3cnccc3=N2)N(O)C1(C)C. The molecule has 2 aliphatic rings. The summed E-state index contributed by atoms with van der Waals surface area (Å²) in [6.45, 7) is 7.27. The summed E-state index contributed by atoms with van der Waals surface area (Å²) < 4.78 is 0. The van der Waals surface area contributed by atoms with Gasteiger partial charge in [-0.2, -0.15) is 5.06 Å². The molecule has 6 nitrogen and oxygen atoms in total. The molecule has 0 unspecified atom stereocenters. The smallest absolute Gasteiger partial charge is 0.183 e. The minimum atomic E-state index is -0.763. The molecule has 0 bridgehead atoms. The molecule has 1 radical (unpaired) electrons. The first-order valence-electron chi connectivity index (χ1n) is 6.48. The maximum Gasteiger partial charge on any atom is 0.183 e. The van der Waals surface area contributed by atoms with Crippen LogP contribution in [0.2, 0.25) is 0 Å². The third kappa shape index (κ3) is 1.46. The second-order valence-corrected chi connectivity index (χ2v) is 6.12. The molecule has 0 amide bonds. The van der Waals surface area contributed by atoms with E-state index < -0.39 is 11.1 Å². The average molecular weight is 273 g/mol. The highest BCUT2D eigenvalue weighted by molar-refractivity contribution is 5.51. The average Bonchev–Trinajstić information content (AvgIpc) is 2.85. The first kappa shape index (κ1) is 13.1. The van der Waals surface area contributed by atoms with Crippen molar-refractivity contribution in [1.82, 2.24) is 15.1 Å². The normalized spacial score (nSPS) is 26.3. The zero-order valence-corrected chi connectivity index (χ0v) is 12.0. The first-order valence-corrected chi connectivity index (χ1v) is 6.48. The number of allylic oxidation sites excluding steroid dienone is 1. The molecule has 105 valence electrons. The van der Waals surface area contributed by atoms with Crippen LogP contribution in [0.3, 0.4) is 0 Å². The van der Waals surface area contributed by atoms with Gasteiger partial charge in [-0.05, 0) is 39.8 Å². The van der Waals surface area contributed by atoms with Crippen molar-refractivity contribution < 1.29 is 10.4 Å². The predicted molar refractivity (Wildman–Crippen MR) is 70.8 cm³/mol. The van der Waals surface area contributed by atoms with Crippen molar-refractivity contribution in [3.63, 3.8) is 0 Å². The highest BCUT2D eigenvalue weighted by Crippen LogP contribution is 2.44. The molecule has 3 heterocycles. The van der Waals surface area contributed by atoms with Gasteiger partial charge in [-0.25, -0.2) is 10.1 Å². The van der Waals surface area contributed by atoms with E-state index in [-0.39, 0.29) is 5.82 Å². The lowest BCUT2D eigenvalue weighted by Gasteiger charge is -2.36. The molecule has 0 aliphatic carbocycles. The Balaban J connectivity index is 2.22. The zero-order valence-electron chi connectivity index (χ0n) is 12.0. The molecular weight excluding hydrogens is 256 g/mol. The molecule has 1 aromatic rings. The molecule has 1 aromatic heterocycles. The van der Waals surface area contributed by atoms with E-state index in [1.807, 2.05) is 13.8 Å². The highest BCUT2D eigenvalue weighted by Gasteiger charge is 2.57. The maximum atomic E-state index is 12.6. The summed E-state index contributed by atoms with van der Waals surface area (Å²) in [6.07, 6.45) is 5.11. The van der Waals surface area contributed by atoms with E-state index in [2.05, 4.69) is 9.98 Å². The van der Waals surface area contributed by atoms with Crippen molar-refractivity contribution in [2.24, 2.45) is 4.99 Å². The van der Waals surface area contributed by atoms with Crippen LogP contribution in [-0.2, 0) is 5.21 Å². The van der Waals surface area contributed by atoms with Crippen LogP contribution in [0.1, 0.15) is 27.7 Å². The predicted octanol–water partition coefficient (Wildman–Crippen LogP) is 0.574. The summed E-state index contributed by atoms with van der Waals surface area (Å²) in [6, 6.07) is 1.78. The van der Waals surface area contributed by atoms with Gasteiger partial charge in [0.2, 0.25) is 0 Å². The fourth-order valence-electron chi connectivity index (χ4n) is 2.37. The second-order valence-electron chi connectivity index (χ2n) is 6.12. The summed E-state index contributed by atoms with van der Waals surface area (Å²) in [5.41, 5.74) is -1.02. The fourth-order valence-corrected chi connectivity index (χ4v) is 2.37. The van der Waals surface area contributed by atoms with Crippen LogP contribution in [0.25, 0.3) is 6.08 Å². The van der Waals surface area contributed by atoms with Crippen LogP contribution < -0.4 is 10.6 Å². The van der Waals surface area contributed by atoms with Gasteiger partial charge in [-0.1, -0.05) is 5.21 Å². The van der Waals surface area contributed by atoms with Crippen molar-refractivity contribution in [2.45, 2.75) is 38.8 Å².